The normalized spacial score (nSPS) is 19.1. The maximum absolute atomic E-state index is 6.24. The molecule has 1 aliphatic heterocycles. The molecule has 0 radical (unpaired) electrons. The zero-order valence-electron chi connectivity index (χ0n) is 13.1. The summed E-state index contributed by atoms with van der Waals surface area (Å²) in [6, 6.07) is 2.58. The van der Waals surface area contributed by atoms with E-state index < -0.39 is 0 Å². The highest BCUT2D eigenvalue weighted by Gasteiger charge is 2.20. The first-order valence-electron chi connectivity index (χ1n) is 7.89. The molecule has 0 amide bonds. The smallest absolute Gasteiger partial charge is 0.232 e. The van der Waals surface area contributed by atoms with Gasteiger partial charge >= 0.3 is 0 Å². The van der Waals surface area contributed by atoms with Gasteiger partial charge in [0.05, 0.1) is 6.61 Å². The third kappa shape index (κ3) is 5.13. The fraction of sp³-hybridized carbons (Fsp3) is 0.688. The molecule has 118 valence electrons. The van der Waals surface area contributed by atoms with Gasteiger partial charge in [-0.2, -0.15) is 0 Å². The molecule has 1 fully saturated rings. The van der Waals surface area contributed by atoms with Crippen molar-refractivity contribution in [2.45, 2.75) is 45.2 Å². The van der Waals surface area contributed by atoms with E-state index in [2.05, 4.69) is 29.2 Å². The summed E-state index contributed by atoms with van der Waals surface area (Å²) in [5.74, 6) is 0.552. The summed E-state index contributed by atoms with van der Waals surface area (Å²) in [4.78, 5) is 6.74. The number of halogens is 1. The maximum atomic E-state index is 6.24. The number of pyridine rings is 1. The highest BCUT2D eigenvalue weighted by atomic mass is 35.5. The average molecular weight is 312 g/mol. The second-order valence-electron chi connectivity index (χ2n) is 5.72. The number of rotatable bonds is 8. The van der Waals surface area contributed by atoms with Gasteiger partial charge in [0.15, 0.2) is 0 Å². The van der Waals surface area contributed by atoms with Crippen LogP contribution < -0.4 is 10.1 Å². The molecule has 0 spiro atoms. The van der Waals surface area contributed by atoms with Gasteiger partial charge < -0.3 is 15.0 Å². The second kappa shape index (κ2) is 8.57. The minimum absolute atomic E-state index is 0.552. The van der Waals surface area contributed by atoms with E-state index in [0.717, 1.165) is 31.5 Å². The van der Waals surface area contributed by atoms with Crippen LogP contribution in [-0.2, 0) is 6.54 Å². The molecule has 1 aliphatic rings. The second-order valence-corrected chi connectivity index (χ2v) is 6.13. The fourth-order valence-corrected chi connectivity index (χ4v) is 2.96. The standard InChI is InChI=1S/C16H26ClN3O/c1-3-7-18-11-13-10-15(17)16(19-12-13)21-9-6-14-5-4-8-20(14)2/h10,12,14,18H,3-9,11H2,1-2H3. The van der Waals surface area contributed by atoms with Gasteiger partial charge in [0, 0.05) is 18.8 Å². The Morgan fingerprint density at radius 2 is 2.38 bits per heavy atom. The fourth-order valence-electron chi connectivity index (χ4n) is 2.71. The number of likely N-dealkylation sites (tertiary alicyclic amines) is 1. The Morgan fingerprint density at radius 3 is 3.05 bits per heavy atom. The molecule has 4 nitrogen and oxygen atoms in total. The SMILES string of the molecule is CCCNCc1cnc(OCCC2CCCN2C)c(Cl)c1. The molecule has 0 aliphatic carbocycles. The number of hydrogen-bond acceptors (Lipinski definition) is 4. The zero-order valence-corrected chi connectivity index (χ0v) is 13.8. The predicted molar refractivity (Wildman–Crippen MR) is 87.0 cm³/mol. The van der Waals surface area contributed by atoms with Crippen molar-refractivity contribution in [3.05, 3.63) is 22.8 Å². The minimum Gasteiger partial charge on any atom is -0.477 e. The van der Waals surface area contributed by atoms with Crippen LogP contribution in [0.1, 0.15) is 38.2 Å². The van der Waals surface area contributed by atoms with E-state index in [1.165, 1.54) is 19.4 Å². The van der Waals surface area contributed by atoms with Crippen molar-refractivity contribution in [1.29, 1.82) is 0 Å². The van der Waals surface area contributed by atoms with Crippen LogP contribution >= 0.6 is 11.6 Å². The van der Waals surface area contributed by atoms with Crippen LogP contribution in [0.4, 0.5) is 0 Å². The minimum atomic E-state index is 0.552. The molecular formula is C16H26ClN3O. The lowest BCUT2D eigenvalue weighted by molar-refractivity contribution is 0.228. The van der Waals surface area contributed by atoms with E-state index >= 15 is 0 Å². The topological polar surface area (TPSA) is 37.4 Å². The Labute approximate surface area is 132 Å². The third-order valence-electron chi connectivity index (χ3n) is 3.98. The summed E-state index contributed by atoms with van der Waals surface area (Å²) in [5, 5.41) is 3.94. The molecule has 21 heavy (non-hydrogen) atoms. The summed E-state index contributed by atoms with van der Waals surface area (Å²) in [6.07, 6.45) is 6.56. The Morgan fingerprint density at radius 1 is 1.52 bits per heavy atom. The molecule has 0 aromatic carbocycles. The van der Waals surface area contributed by atoms with Crippen molar-refractivity contribution in [2.75, 3.05) is 26.7 Å². The van der Waals surface area contributed by atoms with Gasteiger partial charge in [-0.25, -0.2) is 4.98 Å². The van der Waals surface area contributed by atoms with Gasteiger partial charge in [0.2, 0.25) is 5.88 Å². The first kappa shape index (κ1) is 16.5. The number of nitrogens with zero attached hydrogens (tertiary/aromatic N) is 2. The molecule has 5 heteroatoms. The van der Waals surface area contributed by atoms with Gasteiger partial charge in [0.25, 0.3) is 0 Å². The lowest BCUT2D eigenvalue weighted by atomic mass is 10.1. The molecule has 1 saturated heterocycles. The Bertz CT molecular complexity index is 442. The monoisotopic (exact) mass is 311 g/mol. The lowest BCUT2D eigenvalue weighted by Crippen LogP contribution is -2.26. The van der Waals surface area contributed by atoms with Crippen molar-refractivity contribution in [2.24, 2.45) is 0 Å². The van der Waals surface area contributed by atoms with E-state index in [9.17, 15) is 0 Å². The first-order valence-corrected chi connectivity index (χ1v) is 8.26. The van der Waals surface area contributed by atoms with Gasteiger partial charge in [-0.15, -0.1) is 0 Å². The highest BCUT2D eigenvalue weighted by molar-refractivity contribution is 6.31. The van der Waals surface area contributed by atoms with Gasteiger partial charge in [-0.3, -0.25) is 0 Å². The summed E-state index contributed by atoms with van der Waals surface area (Å²) >= 11 is 6.24. The van der Waals surface area contributed by atoms with Crippen LogP contribution in [0.15, 0.2) is 12.3 Å². The quantitative estimate of drug-likeness (QED) is 0.749. The largest absolute Gasteiger partial charge is 0.477 e. The van der Waals surface area contributed by atoms with E-state index in [1.807, 2.05) is 12.3 Å². The van der Waals surface area contributed by atoms with E-state index in [1.54, 1.807) is 0 Å². The van der Waals surface area contributed by atoms with Gasteiger partial charge in [0.1, 0.15) is 5.02 Å². The van der Waals surface area contributed by atoms with Crippen molar-refractivity contribution in [1.82, 2.24) is 15.2 Å². The first-order chi connectivity index (χ1) is 10.2. The van der Waals surface area contributed by atoms with Crippen molar-refractivity contribution < 1.29 is 4.74 Å². The average Bonchev–Trinajstić information content (AvgIpc) is 2.87. The van der Waals surface area contributed by atoms with Gasteiger partial charge in [-0.05, 0) is 57.5 Å². The van der Waals surface area contributed by atoms with Crippen LogP contribution in [0, 0.1) is 0 Å². The molecule has 1 aromatic heterocycles. The molecule has 2 rings (SSSR count). The van der Waals surface area contributed by atoms with Crippen LogP contribution in [0.3, 0.4) is 0 Å². The number of hydrogen-bond donors (Lipinski definition) is 1. The molecular weight excluding hydrogens is 286 g/mol. The maximum Gasteiger partial charge on any atom is 0.232 e. The Balaban J connectivity index is 1.77. The third-order valence-corrected chi connectivity index (χ3v) is 4.25. The molecule has 2 heterocycles. The Kier molecular flexibility index (Phi) is 6.74. The molecule has 0 bridgehead atoms. The molecule has 1 atom stereocenters. The van der Waals surface area contributed by atoms with E-state index in [0.29, 0.717) is 23.6 Å². The zero-order chi connectivity index (χ0) is 15.1. The molecule has 1 N–H and O–H groups in total. The molecule has 1 aromatic rings. The van der Waals surface area contributed by atoms with Crippen LogP contribution in [0.5, 0.6) is 5.88 Å². The predicted octanol–water partition coefficient (Wildman–Crippen LogP) is 3.10. The van der Waals surface area contributed by atoms with Crippen molar-refractivity contribution in [3.63, 3.8) is 0 Å². The van der Waals surface area contributed by atoms with Crippen LogP contribution in [0.25, 0.3) is 0 Å². The number of nitrogens with one attached hydrogen (secondary N) is 1. The number of aromatic nitrogens is 1. The van der Waals surface area contributed by atoms with Crippen LogP contribution in [-0.4, -0.2) is 42.7 Å². The summed E-state index contributed by atoms with van der Waals surface area (Å²) in [6.45, 7) is 5.83. The summed E-state index contributed by atoms with van der Waals surface area (Å²) in [5.41, 5.74) is 1.09. The van der Waals surface area contributed by atoms with Crippen molar-refractivity contribution >= 4 is 11.6 Å². The number of ether oxygens (including phenoxy) is 1. The summed E-state index contributed by atoms with van der Waals surface area (Å²) < 4.78 is 5.74. The van der Waals surface area contributed by atoms with Crippen LogP contribution in [0.2, 0.25) is 5.02 Å². The summed E-state index contributed by atoms with van der Waals surface area (Å²) in [7, 11) is 2.18. The van der Waals surface area contributed by atoms with E-state index in [-0.39, 0.29) is 0 Å². The highest BCUT2D eigenvalue weighted by Crippen LogP contribution is 2.23. The Hall–Kier alpha value is -0.840. The molecule has 0 saturated carbocycles. The lowest BCUT2D eigenvalue weighted by Gasteiger charge is -2.19. The molecule has 1 unspecified atom stereocenters. The van der Waals surface area contributed by atoms with Gasteiger partial charge in [-0.1, -0.05) is 18.5 Å². The van der Waals surface area contributed by atoms with E-state index in [4.69, 9.17) is 16.3 Å². The van der Waals surface area contributed by atoms with Crippen molar-refractivity contribution in [3.8, 4) is 5.88 Å².